The van der Waals surface area contributed by atoms with Crippen LogP contribution < -0.4 is 0 Å². The Hall–Kier alpha value is -2.15. The number of hydrogen-bond donors (Lipinski definition) is 1. The monoisotopic (exact) mass is 358 g/mol. The zero-order valence-corrected chi connectivity index (χ0v) is 15.6. The normalized spacial score (nSPS) is 29.0. The van der Waals surface area contributed by atoms with Gasteiger partial charge in [-0.15, -0.1) is 10.2 Å². The van der Waals surface area contributed by atoms with E-state index in [1.54, 1.807) is 6.33 Å². The second-order valence-electron chi connectivity index (χ2n) is 8.58. The lowest BCUT2D eigenvalue weighted by molar-refractivity contribution is -0.0966. The van der Waals surface area contributed by atoms with Gasteiger partial charge in [0, 0.05) is 36.7 Å². The maximum absolute atomic E-state index is 12.7. The van der Waals surface area contributed by atoms with E-state index >= 15 is 0 Å². The van der Waals surface area contributed by atoms with Crippen LogP contribution in [0.15, 0.2) is 24.7 Å². The fraction of sp³-hybridized carbons (Fsp3) is 0.632. The Morgan fingerprint density at radius 2 is 1.96 bits per heavy atom. The van der Waals surface area contributed by atoms with Crippen molar-refractivity contribution in [3.63, 3.8) is 0 Å². The summed E-state index contributed by atoms with van der Waals surface area (Å²) in [7, 11) is 0. The van der Waals surface area contributed by atoms with E-state index in [9.17, 15) is 9.90 Å². The molecule has 0 aliphatic carbocycles. The summed E-state index contributed by atoms with van der Waals surface area (Å²) in [6.45, 7) is 5.65. The summed E-state index contributed by atoms with van der Waals surface area (Å²) < 4.78 is 7.44. The van der Waals surface area contributed by atoms with Gasteiger partial charge in [0.05, 0.1) is 5.60 Å². The Morgan fingerprint density at radius 3 is 2.62 bits per heavy atom. The van der Waals surface area contributed by atoms with Gasteiger partial charge >= 0.3 is 6.09 Å². The second-order valence-corrected chi connectivity index (χ2v) is 8.58. The molecule has 0 saturated carbocycles. The van der Waals surface area contributed by atoms with Crippen LogP contribution in [-0.4, -0.2) is 48.4 Å². The second kappa shape index (κ2) is 5.94. The highest BCUT2D eigenvalue weighted by Gasteiger charge is 2.49. The number of amides is 1. The fourth-order valence-corrected chi connectivity index (χ4v) is 4.38. The number of carbonyl (C=O) groups is 1. The lowest BCUT2D eigenvalue weighted by Crippen LogP contribution is -2.59. The summed E-state index contributed by atoms with van der Waals surface area (Å²) in [4.78, 5) is 14.6. The molecule has 2 aromatic heterocycles. The highest BCUT2D eigenvalue weighted by atomic mass is 16.6. The number of aromatic nitrogens is 3. The number of aliphatic hydroxyl groups is 1. The Kier molecular flexibility index (Phi) is 3.95. The number of piperidine rings is 2. The first kappa shape index (κ1) is 17.3. The molecular weight excluding hydrogens is 332 g/mol. The molecule has 2 bridgehead atoms. The van der Waals surface area contributed by atoms with E-state index in [2.05, 4.69) is 10.2 Å². The maximum Gasteiger partial charge on any atom is 0.410 e. The minimum Gasteiger partial charge on any atom is -0.444 e. The zero-order valence-electron chi connectivity index (χ0n) is 15.6. The molecule has 2 saturated heterocycles. The molecule has 0 aromatic carbocycles. The molecule has 7 nitrogen and oxygen atoms in total. The van der Waals surface area contributed by atoms with Gasteiger partial charge in [0.25, 0.3) is 0 Å². The van der Waals surface area contributed by atoms with Gasteiger partial charge in [-0.1, -0.05) is 6.07 Å². The van der Waals surface area contributed by atoms with Gasteiger partial charge in [-0.2, -0.15) is 0 Å². The number of ether oxygens (including phenoxy) is 1. The third-order valence-corrected chi connectivity index (χ3v) is 5.44. The van der Waals surface area contributed by atoms with E-state index in [1.807, 2.05) is 48.4 Å². The molecule has 7 heteroatoms. The summed E-state index contributed by atoms with van der Waals surface area (Å²) in [5.74, 6) is 0. The molecule has 26 heavy (non-hydrogen) atoms. The number of nitrogens with zero attached hydrogens (tertiary/aromatic N) is 4. The van der Waals surface area contributed by atoms with E-state index in [-0.39, 0.29) is 18.2 Å². The van der Waals surface area contributed by atoms with Gasteiger partial charge in [-0.25, -0.2) is 4.79 Å². The first-order valence-electron chi connectivity index (χ1n) is 9.29. The van der Waals surface area contributed by atoms with Gasteiger partial charge in [-0.3, -0.25) is 4.40 Å². The molecule has 2 fully saturated rings. The molecule has 2 aliphatic heterocycles. The molecule has 0 spiro atoms. The Balaban J connectivity index is 1.61. The van der Waals surface area contributed by atoms with Crippen molar-refractivity contribution in [1.82, 2.24) is 19.5 Å². The summed E-state index contributed by atoms with van der Waals surface area (Å²) in [6.07, 6.45) is 7.19. The fourth-order valence-electron chi connectivity index (χ4n) is 4.38. The third-order valence-electron chi connectivity index (χ3n) is 5.44. The van der Waals surface area contributed by atoms with E-state index < -0.39 is 11.2 Å². The van der Waals surface area contributed by atoms with Crippen LogP contribution in [0, 0.1) is 0 Å². The Morgan fingerprint density at radius 1 is 1.27 bits per heavy atom. The highest BCUT2D eigenvalue weighted by molar-refractivity contribution is 5.69. The van der Waals surface area contributed by atoms with Crippen molar-refractivity contribution in [2.24, 2.45) is 0 Å². The molecule has 4 heterocycles. The van der Waals surface area contributed by atoms with Gasteiger partial charge in [0.15, 0.2) is 5.65 Å². The molecule has 2 aromatic rings. The van der Waals surface area contributed by atoms with Gasteiger partial charge in [0.2, 0.25) is 0 Å². The van der Waals surface area contributed by atoms with E-state index in [4.69, 9.17) is 4.74 Å². The largest absolute Gasteiger partial charge is 0.444 e. The smallest absolute Gasteiger partial charge is 0.410 e. The molecule has 140 valence electrons. The van der Waals surface area contributed by atoms with Crippen molar-refractivity contribution in [2.75, 3.05) is 0 Å². The Labute approximate surface area is 153 Å². The van der Waals surface area contributed by atoms with Crippen LogP contribution in [0.1, 0.15) is 58.4 Å². The van der Waals surface area contributed by atoms with Crippen LogP contribution in [0.4, 0.5) is 4.79 Å². The van der Waals surface area contributed by atoms with Crippen molar-refractivity contribution in [1.29, 1.82) is 0 Å². The average Bonchev–Trinajstić information content (AvgIpc) is 2.99. The molecule has 2 aliphatic rings. The topological polar surface area (TPSA) is 80.0 Å². The highest BCUT2D eigenvalue weighted by Crippen LogP contribution is 2.44. The van der Waals surface area contributed by atoms with Crippen LogP contribution >= 0.6 is 0 Å². The van der Waals surface area contributed by atoms with Crippen LogP contribution in [0.2, 0.25) is 0 Å². The summed E-state index contributed by atoms with van der Waals surface area (Å²) in [5, 5.41) is 19.4. The van der Waals surface area contributed by atoms with Crippen LogP contribution in [0.25, 0.3) is 5.65 Å². The molecule has 1 N–H and O–H groups in total. The minimum absolute atomic E-state index is 0.000964. The predicted molar refractivity (Wildman–Crippen MR) is 95.6 cm³/mol. The first-order valence-corrected chi connectivity index (χ1v) is 9.29. The molecule has 2 unspecified atom stereocenters. The van der Waals surface area contributed by atoms with Gasteiger partial charge in [0.1, 0.15) is 11.9 Å². The minimum atomic E-state index is -0.952. The summed E-state index contributed by atoms with van der Waals surface area (Å²) in [5.41, 5.74) is 0.139. The predicted octanol–water partition coefficient (Wildman–Crippen LogP) is 2.87. The van der Waals surface area contributed by atoms with Crippen LogP contribution in [0.5, 0.6) is 0 Å². The molecule has 1 amide bonds. The zero-order chi connectivity index (χ0) is 18.5. The third kappa shape index (κ3) is 3.05. The maximum atomic E-state index is 12.7. The molecule has 4 rings (SSSR count). The number of hydrogen-bond acceptors (Lipinski definition) is 5. The van der Waals surface area contributed by atoms with Crippen molar-refractivity contribution < 1.29 is 14.6 Å². The van der Waals surface area contributed by atoms with E-state index in [1.165, 1.54) is 0 Å². The van der Waals surface area contributed by atoms with Gasteiger partial charge < -0.3 is 14.7 Å². The van der Waals surface area contributed by atoms with Crippen molar-refractivity contribution in [3.05, 3.63) is 30.2 Å². The van der Waals surface area contributed by atoms with E-state index in [0.717, 1.165) is 30.5 Å². The molecule has 2 atom stereocenters. The lowest BCUT2D eigenvalue weighted by Gasteiger charge is -2.51. The first-order chi connectivity index (χ1) is 12.3. The standard InChI is InChI=1S/C19H26N4O3/c1-18(2,3)26-17(24)23-14-5-4-6-15(23)10-19(25,9-14)13-7-8-16-21-20-12-22(16)11-13/h7-8,11-12,14-15,25H,4-6,9-10H2,1-3H3. The lowest BCUT2D eigenvalue weighted by atomic mass is 9.73. The van der Waals surface area contributed by atoms with Crippen molar-refractivity contribution in [3.8, 4) is 0 Å². The van der Waals surface area contributed by atoms with Crippen LogP contribution in [-0.2, 0) is 10.3 Å². The van der Waals surface area contributed by atoms with Gasteiger partial charge in [-0.05, 0) is 46.1 Å². The number of rotatable bonds is 1. The number of pyridine rings is 1. The Bertz CT molecular complexity index is 812. The van der Waals surface area contributed by atoms with Crippen molar-refractivity contribution in [2.45, 2.75) is 76.2 Å². The number of fused-ring (bicyclic) bond motifs is 3. The average molecular weight is 358 g/mol. The van der Waals surface area contributed by atoms with Crippen molar-refractivity contribution >= 4 is 11.7 Å². The summed E-state index contributed by atoms with van der Waals surface area (Å²) >= 11 is 0. The molecule has 0 radical (unpaired) electrons. The SMILES string of the molecule is CC(C)(C)OC(=O)N1C2CCCC1CC(O)(c1ccc3nncn3c1)C2. The quantitative estimate of drug-likeness (QED) is 0.848. The van der Waals surface area contributed by atoms with E-state index in [0.29, 0.717) is 12.8 Å². The number of carbonyl (C=O) groups excluding carboxylic acids is 1. The molecular formula is C19H26N4O3. The summed E-state index contributed by atoms with van der Waals surface area (Å²) in [6, 6.07) is 3.79. The van der Waals surface area contributed by atoms with Crippen LogP contribution in [0.3, 0.4) is 0 Å².